The molecule has 3 heterocycles. The summed E-state index contributed by atoms with van der Waals surface area (Å²) in [6, 6.07) is 0. The van der Waals surface area contributed by atoms with Crippen LogP contribution in [0.5, 0.6) is 0 Å². The zero-order valence-electron chi connectivity index (χ0n) is 13.1. The SMILES string of the molecule is CCCCn1nc(C)c2c1NC(=O)CC2C1CCNCC1. The number of carbonyl (C=O) groups excluding carboxylic acids is 1. The summed E-state index contributed by atoms with van der Waals surface area (Å²) < 4.78 is 2.01. The first-order valence-corrected chi connectivity index (χ1v) is 8.28. The van der Waals surface area contributed by atoms with Crippen LogP contribution in [0.2, 0.25) is 0 Å². The predicted molar refractivity (Wildman–Crippen MR) is 83.5 cm³/mol. The fraction of sp³-hybridized carbons (Fsp3) is 0.750. The van der Waals surface area contributed by atoms with Crippen molar-refractivity contribution >= 4 is 11.7 Å². The zero-order valence-corrected chi connectivity index (χ0v) is 13.1. The number of carbonyl (C=O) groups is 1. The Bertz CT molecular complexity index is 517. The van der Waals surface area contributed by atoms with Gasteiger partial charge in [0.15, 0.2) is 0 Å². The molecule has 2 aliphatic heterocycles. The van der Waals surface area contributed by atoms with Crippen molar-refractivity contribution in [3.63, 3.8) is 0 Å². The number of hydrogen-bond donors (Lipinski definition) is 2. The topological polar surface area (TPSA) is 59.0 Å². The molecule has 0 aliphatic carbocycles. The van der Waals surface area contributed by atoms with Crippen molar-refractivity contribution in [1.82, 2.24) is 15.1 Å². The third-order valence-corrected chi connectivity index (χ3v) is 4.88. The summed E-state index contributed by atoms with van der Waals surface area (Å²) in [5, 5.41) is 11.2. The first-order valence-electron chi connectivity index (χ1n) is 8.28. The fourth-order valence-electron chi connectivity index (χ4n) is 3.77. The van der Waals surface area contributed by atoms with E-state index in [0.29, 0.717) is 18.3 Å². The van der Waals surface area contributed by atoms with E-state index in [9.17, 15) is 4.79 Å². The quantitative estimate of drug-likeness (QED) is 0.895. The molecule has 1 saturated heterocycles. The lowest BCUT2D eigenvalue weighted by molar-refractivity contribution is -0.117. The number of amides is 1. The Morgan fingerprint density at radius 2 is 2.10 bits per heavy atom. The van der Waals surface area contributed by atoms with Crippen LogP contribution < -0.4 is 10.6 Å². The Morgan fingerprint density at radius 3 is 2.81 bits per heavy atom. The molecule has 1 atom stereocenters. The van der Waals surface area contributed by atoms with Gasteiger partial charge < -0.3 is 10.6 Å². The summed E-state index contributed by atoms with van der Waals surface area (Å²) in [5.41, 5.74) is 2.40. The van der Waals surface area contributed by atoms with E-state index < -0.39 is 0 Å². The number of piperidine rings is 1. The third kappa shape index (κ3) is 2.84. The fourth-order valence-corrected chi connectivity index (χ4v) is 3.77. The van der Waals surface area contributed by atoms with Crippen LogP contribution in [0.1, 0.15) is 56.2 Å². The van der Waals surface area contributed by atoms with Crippen molar-refractivity contribution in [2.75, 3.05) is 18.4 Å². The Kier molecular flexibility index (Phi) is 4.29. The van der Waals surface area contributed by atoms with Crippen LogP contribution in [-0.4, -0.2) is 28.8 Å². The zero-order chi connectivity index (χ0) is 14.8. The second-order valence-electron chi connectivity index (χ2n) is 6.37. The third-order valence-electron chi connectivity index (χ3n) is 4.88. The Morgan fingerprint density at radius 1 is 1.33 bits per heavy atom. The number of nitrogens with one attached hydrogen (secondary N) is 2. The minimum absolute atomic E-state index is 0.156. The normalized spacial score (nSPS) is 23.0. The van der Waals surface area contributed by atoms with Gasteiger partial charge in [0.2, 0.25) is 5.91 Å². The van der Waals surface area contributed by atoms with E-state index in [1.54, 1.807) is 0 Å². The van der Waals surface area contributed by atoms with Gasteiger partial charge in [0, 0.05) is 24.4 Å². The lowest BCUT2D eigenvalue weighted by Crippen LogP contribution is -2.35. The average molecular weight is 290 g/mol. The number of aryl methyl sites for hydroxylation is 2. The van der Waals surface area contributed by atoms with Gasteiger partial charge in [0.05, 0.1) is 5.69 Å². The molecule has 5 heteroatoms. The van der Waals surface area contributed by atoms with Crippen molar-refractivity contribution in [3.8, 4) is 0 Å². The molecule has 0 bridgehead atoms. The van der Waals surface area contributed by atoms with Crippen molar-refractivity contribution < 1.29 is 4.79 Å². The maximum Gasteiger partial charge on any atom is 0.226 e. The van der Waals surface area contributed by atoms with E-state index in [0.717, 1.165) is 56.8 Å². The number of aromatic nitrogens is 2. The second-order valence-corrected chi connectivity index (χ2v) is 6.37. The Hall–Kier alpha value is -1.36. The standard InChI is InChI=1S/C16H26N4O/c1-3-4-9-20-16-15(11(2)19-20)13(10-14(21)18-16)12-5-7-17-8-6-12/h12-13,17H,3-10H2,1-2H3,(H,18,21). The van der Waals surface area contributed by atoms with Gasteiger partial charge in [-0.15, -0.1) is 0 Å². The molecule has 21 heavy (non-hydrogen) atoms. The van der Waals surface area contributed by atoms with Gasteiger partial charge in [-0.2, -0.15) is 5.10 Å². The van der Waals surface area contributed by atoms with Gasteiger partial charge in [0.25, 0.3) is 0 Å². The molecule has 0 radical (unpaired) electrons. The van der Waals surface area contributed by atoms with Crippen molar-refractivity contribution in [2.45, 2.75) is 58.4 Å². The number of unbranched alkanes of at least 4 members (excludes halogenated alkanes) is 1. The van der Waals surface area contributed by atoms with Crippen LogP contribution in [0, 0.1) is 12.8 Å². The smallest absolute Gasteiger partial charge is 0.226 e. The van der Waals surface area contributed by atoms with Crippen LogP contribution in [0.3, 0.4) is 0 Å². The minimum atomic E-state index is 0.156. The summed E-state index contributed by atoms with van der Waals surface area (Å²) in [6.07, 6.45) is 5.19. The molecule has 5 nitrogen and oxygen atoms in total. The summed E-state index contributed by atoms with van der Waals surface area (Å²) >= 11 is 0. The predicted octanol–water partition coefficient (Wildman–Crippen LogP) is 2.42. The molecular weight excluding hydrogens is 264 g/mol. The molecule has 0 saturated carbocycles. The molecule has 1 aromatic rings. The van der Waals surface area contributed by atoms with E-state index in [1.165, 1.54) is 5.56 Å². The number of nitrogens with zero attached hydrogens (tertiary/aromatic N) is 2. The summed E-state index contributed by atoms with van der Waals surface area (Å²) in [5.74, 6) is 2.09. The highest BCUT2D eigenvalue weighted by Gasteiger charge is 2.36. The van der Waals surface area contributed by atoms with E-state index >= 15 is 0 Å². The number of rotatable bonds is 4. The first kappa shape index (κ1) is 14.6. The van der Waals surface area contributed by atoms with Gasteiger partial charge in [0.1, 0.15) is 5.82 Å². The molecule has 3 rings (SSSR count). The molecule has 1 amide bonds. The van der Waals surface area contributed by atoms with Gasteiger partial charge in [-0.05, 0) is 45.2 Å². The number of hydrogen-bond acceptors (Lipinski definition) is 3. The van der Waals surface area contributed by atoms with Crippen molar-refractivity contribution in [2.24, 2.45) is 5.92 Å². The molecular formula is C16H26N4O. The number of fused-ring (bicyclic) bond motifs is 1. The summed E-state index contributed by atoms with van der Waals surface area (Å²) in [6.45, 7) is 7.31. The summed E-state index contributed by atoms with van der Waals surface area (Å²) in [4.78, 5) is 12.1. The van der Waals surface area contributed by atoms with Crippen LogP contribution >= 0.6 is 0 Å². The highest BCUT2D eigenvalue weighted by Crippen LogP contribution is 2.42. The number of anilines is 1. The monoisotopic (exact) mass is 290 g/mol. The molecule has 1 fully saturated rings. The van der Waals surface area contributed by atoms with E-state index in [-0.39, 0.29) is 5.91 Å². The highest BCUT2D eigenvalue weighted by molar-refractivity contribution is 5.94. The van der Waals surface area contributed by atoms with Crippen LogP contribution in [0.25, 0.3) is 0 Å². The summed E-state index contributed by atoms with van der Waals surface area (Å²) in [7, 11) is 0. The molecule has 2 aliphatic rings. The molecule has 116 valence electrons. The highest BCUT2D eigenvalue weighted by atomic mass is 16.1. The molecule has 2 N–H and O–H groups in total. The Balaban J connectivity index is 1.92. The van der Waals surface area contributed by atoms with Crippen LogP contribution in [-0.2, 0) is 11.3 Å². The van der Waals surface area contributed by atoms with Crippen LogP contribution in [0.4, 0.5) is 5.82 Å². The molecule has 1 aromatic heterocycles. The molecule has 1 unspecified atom stereocenters. The second kappa shape index (κ2) is 6.18. The lowest BCUT2D eigenvalue weighted by Gasteiger charge is -2.33. The maximum absolute atomic E-state index is 12.1. The van der Waals surface area contributed by atoms with Crippen LogP contribution in [0.15, 0.2) is 0 Å². The van der Waals surface area contributed by atoms with Crippen molar-refractivity contribution in [1.29, 1.82) is 0 Å². The Labute approximate surface area is 126 Å². The van der Waals surface area contributed by atoms with Gasteiger partial charge >= 0.3 is 0 Å². The molecule has 0 spiro atoms. The first-order chi connectivity index (χ1) is 10.2. The minimum Gasteiger partial charge on any atom is -0.317 e. The van der Waals surface area contributed by atoms with E-state index in [2.05, 4.69) is 24.5 Å². The molecule has 0 aromatic carbocycles. The van der Waals surface area contributed by atoms with E-state index in [1.807, 2.05) is 4.68 Å². The van der Waals surface area contributed by atoms with E-state index in [4.69, 9.17) is 5.10 Å². The maximum atomic E-state index is 12.1. The lowest BCUT2D eigenvalue weighted by atomic mass is 9.77. The van der Waals surface area contributed by atoms with Crippen molar-refractivity contribution in [3.05, 3.63) is 11.3 Å². The van der Waals surface area contributed by atoms with Gasteiger partial charge in [-0.3, -0.25) is 4.79 Å². The largest absolute Gasteiger partial charge is 0.317 e. The van der Waals surface area contributed by atoms with Gasteiger partial charge in [-0.25, -0.2) is 4.68 Å². The average Bonchev–Trinajstić information content (AvgIpc) is 2.81. The van der Waals surface area contributed by atoms with Gasteiger partial charge in [-0.1, -0.05) is 13.3 Å².